The van der Waals surface area contributed by atoms with Gasteiger partial charge in [-0.2, -0.15) is 18.3 Å². The number of benzene rings is 3. The van der Waals surface area contributed by atoms with E-state index < -0.39 is 17.7 Å². The van der Waals surface area contributed by atoms with Gasteiger partial charge in [-0.05, 0) is 36.4 Å². The van der Waals surface area contributed by atoms with Crippen LogP contribution in [0.15, 0.2) is 83.3 Å². The number of hydrogen-bond donors (Lipinski definition) is 1. The molecule has 4 rings (SSSR count). The van der Waals surface area contributed by atoms with Crippen molar-refractivity contribution in [3.8, 4) is 28.2 Å². The maximum Gasteiger partial charge on any atom is 0.416 e. The molecule has 1 heterocycles. The Bertz CT molecular complexity index is 1230. The number of rotatable bonds is 4. The molecule has 0 spiro atoms. The number of hydrogen-bond acceptors (Lipinski definition) is 2. The molecule has 0 aliphatic rings. The zero-order valence-corrected chi connectivity index (χ0v) is 17.4. The summed E-state index contributed by atoms with van der Waals surface area (Å²) in [6, 6.07) is 20.3. The summed E-state index contributed by atoms with van der Waals surface area (Å²) in [6.45, 7) is 0. The van der Waals surface area contributed by atoms with Gasteiger partial charge in [0.2, 0.25) is 0 Å². The molecule has 0 amide bonds. The van der Waals surface area contributed by atoms with E-state index in [0.717, 1.165) is 16.6 Å². The molecule has 1 aromatic heterocycles. The lowest BCUT2D eigenvalue weighted by molar-refractivity contribution is -0.137. The fourth-order valence-electron chi connectivity index (χ4n) is 3.27. The van der Waals surface area contributed by atoms with Crippen molar-refractivity contribution >= 4 is 21.9 Å². The van der Waals surface area contributed by atoms with Crippen LogP contribution in [0.1, 0.15) is 15.9 Å². The van der Waals surface area contributed by atoms with E-state index in [1.807, 2.05) is 0 Å². The lowest BCUT2D eigenvalue weighted by Gasteiger charge is -2.09. The molecular weight excluding hydrogens is 473 g/mol. The molecule has 0 fully saturated rings. The first-order chi connectivity index (χ1) is 14.8. The summed E-state index contributed by atoms with van der Waals surface area (Å²) in [5.74, 6) is -1.22. The van der Waals surface area contributed by atoms with Gasteiger partial charge in [0.05, 0.1) is 16.9 Å². The van der Waals surface area contributed by atoms with Crippen LogP contribution in [0.3, 0.4) is 0 Å². The molecule has 156 valence electrons. The first-order valence-electron chi connectivity index (χ1n) is 9.11. The normalized spacial score (nSPS) is 11.5. The fraction of sp³-hybridized carbons (Fsp3) is 0.0435. The first-order valence-corrected chi connectivity index (χ1v) is 9.90. The van der Waals surface area contributed by atoms with Gasteiger partial charge in [0, 0.05) is 15.6 Å². The van der Waals surface area contributed by atoms with Crippen LogP contribution >= 0.6 is 15.9 Å². The van der Waals surface area contributed by atoms with Gasteiger partial charge in [0.1, 0.15) is 11.3 Å². The van der Waals surface area contributed by atoms with Gasteiger partial charge in [-0.3, -0.25) is 0 Å². The predicted octanol–water partition coefficient (Wildman–Crippen LogP) is 6.69. The first kappa shape index (κ1) is 20.9. The molecule has 8 heteroatoms. The zero-order chi connectivity index (χ0) is 22.2. The van der Waals surface area contributed by atoms with Crippen LogP contribution in [0.4, 0.5) is 13.2 Å². The molecule has 0 atom stereocenters. The molecule has 0 aliphatic carbocycles. The lowest BCUT2D eigenvalue weighted by Crippen LogP contribution is -2.04. The number of carboxylic acids is 1. The Morgan fingerprint density at radius 1 is 0.871 bits per heavy atom. The van der Waals surface area contributed by atoms with Crippen LogP contribution in [0.25, 0.3) is 28.2 Å². The number of alkyl halides is 3. The number of aromatic carboxylic acids is 1. The third-order valence-corrected chi connectivity index (χ3v) is 5.23. The highest BCUT2D eigenvalue weighted by atomic mass is 79.9. The standard InChI is InChI=1S/C23H14BrF3N2O2/c24-17-10-12-18(13-11-17)29-21(15-4-2-1-3-5-15)19(22(30)31)20(28-29)14-6-8-16(9-7-14)23(25,26)27/h1-13H,(H,30,31). The summed E-state index contributed by atoms with van der Waals surface area (Å²) < 4.78 is 41.2. The van der Waals surface area contributed by atoms with Crippen molar-refractivity contribution in [2.24, 2.45) is 0 Å². The molecule has 0 bridgehead atoms. The number of aromatic nitrogens is 2. The SMILES string of the molecule is O=C(O)c1c(-c2ccc(C(F)(F)F)cc2)nn(-c2ccc(Br)cc2)c1-c1ccccc1. The molecule has 1 N–H and O–H groups in total. The van der Waals surface area contributed by atoms with Gasteiger partial charge in [0.25, 0.3) is 0 Å². The zero-order valence-electron chi connectivity index (χ0n) is 15.8. The molecule has 0 aliphatic heterocycles. The monoisotopic (exact) mass is 486 g/mol. The van der Waals surface area contributed by atoms with Gasteiger partial charge in [-0.15, -0.1) is 0 Å². The van der Waals surface area contributed by atoms with Crippen molar-refractivity contribution < 1.29 is 23.1 Å². The smallest absolute Gasteiger partial charge is 0.416 e. The van der Waals surface area contributed by atoms with E-state index in [1.165, 1.54) is 16.8 Å². The maximum atomic E-state index is 13.0. The van der Waals surface area contributed by atoms with Crippen LogP contribution in [0.2, 0.25) is 0 Å². The van der Waals surface area contributed by atoms with Crippen LogP contribution in [0, 0.1) is 0 Å². The average Bonchev–Trinajstić information content (AvgIpc) is 3.15. The van der Waals surface area contributed by atoms with E-state index in [9.17, 15) is 23.1 Å². The molecule has 4 aromatic rings. The Morgan fingerprint density at radius 2 is 1.48 bits per heavy atom. The van der Waals surface area contributed by atoms with Crippen molar-refractivity contribution in [3.63, 3.8) is 0 Å². The highest BCUT2D eigenvalue weighted by Gasteiger charge is 2.31. The largest absolute Gasteiger partial charge is 0.478 e. The molecule has 0 saturated heterocycles. The van der Waals surface area contributed by atoms with Crippen molar-refractivity contribution in [2.45, 2.75) is 6.18 Å². The van der Waals surface area contributed by atoms with Crippen molar-refractivity contribution in [2.75, 3.05) is 0 Å². The van der Waals surface area contributed by atoms with Crippen molar-refractivity contribution in [1.82, 2.24) is 9.78 Å². The highest BCUT2D eigenvalue weighted by Crippen LogP contribution is 2.36. The fourth-order valence-corrected chi connectivity index (χ4v) is 3.54. The van der Waals surface area contributed by atoms with Crippen LogP contribution < -0.4 is 0 Å². The molecule has 4 nitrogen and oxygen atoms in total. The third kappa shape index (κ3) is 4.11. The number of nitrogens with zero attached hydrogens (tertiary/aromatic N) is 2. The van der Waals surface area contributed by atoms with Gasteiger partial charge < -0.3 is 5.11 Å². The van der Waals surface area contributed by atoms with E-state index in [-0.39, 0.29) is 16.8 Å². The van der Waals surface area contributed by atoms with Crippen LogP contribution in [0.5, 0.6) is 0 Å². The minimum atomic E-state index is -4.49. The van der Waals surface area contributed by atoms with Gasteiger partial charge in [-0.1, -0.05) is 58.4 Å². The Balaban J connectivity index is 1.98. The van der Waals surface area contributed by atoms with E-state index in [0.29, 0.717) is 16.9 Å². The van der Waals surface area contributed by atoms with Crippen LogP contribution in [-0.4, -0.2) is 20.9 Å². The number of carbonyl (C=O) groups is 1. The second-order valence-electron chi connectivity index (χ2n) is 6.71. The number of carboxylic acid groups (broad SMARTS) is 1. The number of halogens is 4. The molecular formula is C23H14BrF3N2O2. The molecule has 0 saturated carbocycles. The average molecular weight is 487 g/mol. The molecule has 31 heavy (non-hydrogen) atoms. The van der Waals surface area contributed by atoms with E-state index >= 15 is 0 Å². The van der Waals surface area contributed by atoms with Crippen molar-refractivity contribution in [1.29, 1.82) is 0 Å². The van der Waals surface area contributed by atoms with E-state index in [4.69, 9.17) is 0 Å². The summed E-state index contributed by atoms with van der Waals surface area (Å²) in [7, 11) is 0. The summed E-state index contributed by atoms with van der Waals surface area (Å²) in [6.07, 6.45) is -4.49. The van der Waals surface area contributed by atoms with Gasteiger partial charge in [0.15, 0.2) is 0 Å². The lowest BCUT2D eigenvalue weighted by atomic mass is 10.0. The second kappa shape index (κ2) is 8.03. The Morgan fingerprint density at radius 3 is 2.03 bits per heavy atom. The molecule has 0 radical (unpaired) electrons. The molecule has 0 unspecified atom stereocenters. The van der Waals surface area contributed by atoms with Gasteiger partial charge >= 0.3 is 12.1 Å². The summed E-state index contributed by atoms with van der Waals surface area (Å²) in [4.78, 5) is 12.3. The van der Waals surface area contributed by atoms with E-state index in [1.54, 1.807) is 54.6 Å². The Kier molecular flexibility index (Phi) is 5.41. The Labute approximate surface area is 183 Å². The minimum absolute atomic E-state index is 0.0861. The van der Waals surface area contributed by atoms with Gasteiger partial charge in [-0.25, -0.2) is 9.48 Å². The predicted molar refractivity (Wildman–Crippen MR) is 114 cm³/mol. The maximum absolute atomic E-state index is 13.0. The topological polar surface area (TPSA) is 55.1 Å². The minimum Gasteiger partial charge on any atom is -0.478 e. The summed E-state index contributed by atoms with van der Waals surface area (Å²) in [5.41, 5.74) is 1.03. The summed E-state index contributed by atoms with van der Waals surface area (Å²) >= 11 is 3.37. The Hall–Kier alpha value is -3.39. The second-order valence-corrected chi connectivity index (χ2v) is 7.62. The van der Waals surface area contributed by atoms with Crippen LogP contribution in [-0.2, 0) is 6.18 Å². The molecule has 3 aromatic carbocycles. The van der Waals surface area contributed by atoms with Crippen molar-refractivity contribution in [3.05, 3.63) is 94.5 Å². The highest BCUT2D eigenvalue weighted by molar-refractivity contribution is 9.10. The third-order valence-electron chi connectivity index (χ3n) is 4.70. The summed E-state index contributed by atoms with van der Waals surface area (Å²) in [5, 5.41) is 14.5. The quantitative estimate of drug-likeness (QED) is 0.349. The van der Waals surface area contributed by atoms with E-state index in [2.05, 4.69) is 21.0 Å².